The highest BCUT2D eigenvalue weighted by Gasteiger charge is 2.30. The number of rotatable bonds is 1. The molecule has 0 atom stereocenters. The maximum absolute atomic E-state index is 11.7. The molecule has 0 bridgehead atoms. The Balaban J connectivity index is 2.16. The Labute approximate surface area is 94.1 Å². The van der Waals surface area contributed by atoms with Crippen molar-refractivity contribution in [2.45, 2.75) is 26.2 Å². The predicted molar refractivity (Wildman–Crippen MR) is 60.8 cm³/mol. The number of hydrogen-bond acceptors (Lipinski definition) is 2. The lowest BCUT2D eigenvalue weighted by Crippen LogP contribution is -2.26. The van der Waals surface area contributed by atoms with E-state index in [1.54, 1.807) is 4.90 Å². The summed E-state index contributed by atoms with van der Waals surface area (Å²) < 4.78 is 0. The third-order valence-corrected chi connectivity index (χ3v) is 3.48. The molecule has 3 nitrogen and oxygen atoms in total. The van der Waals surface area contributed by atoms with Gasteiger partial charge in [0.05, 0.1) is 6.42 Å². The number of carbonyl (C=O) groups is 2. The zero-order valence-electron chi connectivity index (χ0n) is 9.25. The first-order valence-corrected chi connectivity index (χ1v) is 5.70. The summed E-state index contributed by atoms with van der Waals surface area (Å²) in [6, 6.07) is 3.96. The Hall–Kier alpha value is -1.64. The van der Waals surface area contributed by atoms with E-state index in [-0.39, 0.29) is 11.7 Å². The fraction of sp³-hybridized carbons (Fsp3) is 0.385. The highest BCUT2D eigenvalue weighted by Crippen LogP contribution is 2.34. The van der Waals surface area contributed by atoms with Crippen LogP contribution in [0.25, 0.3) is 0 Å². The minimum Gasteiger partial charge on any atom is -0.312 e. The third kappa shape index (κ3) is 1.14. The number of anilines is 1. The molecule has 0 saturated heterocycles. The van der Waals surface area contributed by atoms with Crippen molar-refractivity contribution in [1.29, 1.82) is 0 Å². The number of Topliss-reactive ketones (excluding diaryl/α,β-unsaturated/α-hetero) is 1. The van der Waals surface area contributed by atoms with Crippen molar-refractivity contribution in [3.8, 4) is 0 Å². The standard InChI is InChI=1S/C13H13NO2/c1-2-14-11-7-10-8(3-4-12(10)15)5-9(11)6-13(14)16/h5,7H,2-4,6H2,1H3. The normalized spacial score (nSPS) is 17.9. The van der Waals surface area contributed by atoms with Crippen LogP contribution in [-0.4, -0.2) is 18.2 Å². The average molecular weight is 215 g/mol. The number of aryl methyl sites for hydroxylation is 1. The summed E-state index contributed by atoms with van der Waals surface area (Å²) in [5, 5.41) is 0. The third-order valence-electron chi connectivity index (χ3n) is 3.48. The van der Waals surface area contributed by atoms with Gasteiger partial charge in [0.1, 0.15) is 0 Å². The van der Waals surface area contributed by atoms with E-state index in [4.69, 9.17) is 0 Å². The first-order chi connectivity index (χ1) is 7.70. The van der Waals surface area contributed by atoms with Crippen LogP contribution in [0.3, 0.4) is 0 Å². The lowest BCUT2D eigenvalue weighted by molar-refractivity contribution is -0.117. The molecule has 0 spiro atoms. The largest absolute Gasteiger partial charge is 0.312 e. The molecule has 1 aromatic carbocycles. The molecule has 82 valence electrons. The molecule has 2 aliphatic rings. The van der Waals surface area contributed by atoms with Crippen LogP contribution in [0.4, 0.5) is 5.69 Å². The molecule has 0 radical (unpaired) electrons. The molecule has 1 heterocycles. The summed E-state index contributed by atoms with van der Waals surface area (Å²) in [4.78, 5) is 25.1. The lowest BCUT2D eigenvalue weighted by Gasteiger charge is -2.15. The van der Waals surface area contributed by atoms with Crippen LogP contribution in [0.2, 0.25) is 0 Å². The van der Waals surface area contributed by atoms with Crippen LogP contribution in [0.1, 0.15) is 34.8 Å². The van der Waals surface area contributed by atoms with E-state index in [0.717, 1.165) is 28.8 Å². The van der Waals surface area contributed by atoms with Crippen molar-refractivity contribution >= 4 is 17.4 Å². The van der Waals surface area contributed by atoms with Gasteiger partial charge < -0.3 is 4.90 Å². The number of amides is 1. The van der Waals surface area contributed by atoms with Gasteiger partial charge in [-0.05, 0) is 30.5 Å². The maximum Gasteiger partial charge on any atom is 0.231 e. The van der Waals surface area contributed by atoms with Gasteiger partial charge in [0.25, 0.3) is 0 Å². The molecule has 0 aromatic heterocycles. The molecule has 1 aliphatic heterocycles. The van der Waals surface area contributed by atoms with Crippen LogP contribution in [-0.2, 0) is 17.6 Å². The average Bonchev–Trinajstić information content (AvgIpc) is 2.76. The molecule has 3 rings (SSSR count). The highest BCUT2D eigenvalue weighted by molar-refractivity contribution is 6.06. The minimum atomic E-state index is 0.147. The van der Waals surface area contributed by atoms with E-state index in [9.17, 15) is 9.59 Å². The molecule has 16 heavy (non-hydrogen) atoms. The Morgan fingerprint density at radius 2 is 2.00 bits per heavy atom. The number of carbonyl (C=O) groups excluding carboxylic acids is 2. The molecular formula is C13H13NO2. The Bertz CT molecular complexity index is 505. The second-order valence-corrected chi connectivity index (χ2v) is 4.38. The quantitative estimate of drug-likeness (QED) is 0.715. The SMILES string of the molecule is CCN1C(=O)Cc2cc3c(cc21)C(=O)CC3. The van der Waals surface area contributed by atoms with Gasteiger partial charge in [-0.3, -0.25) is 9.59 Å². The number of hydrogen-bond donors (Lipinski definition) is 0. The summed E-state index contributed by atoms with van der Waals surface area (Å²) in [6.07, 6.45) is 1.95. The second-order valence-electron chi connectivity index (χ2n) is 4.38. The van der Waals surface area contributed by atoms with Gasteiger partial charge in [0.2, 0.25) is 5.91 Å². The maximum atomic E-state index is 11.7. The van der Waals surface area contributed by atoms with Crippen molar-refractivity contribution in [3.05, 3.63) is 28.8 Å². The lowest BCUT2D eigenvalue weighted by atomic mass is 10.0. The summed E-state index contributed by atoms with van der Waals surface area (Å²) in [5.41, 5.74) is 3.98. The van der Waals surface area contributed by atoms with Crippen LogP contribution >= 0.6 is 0 Å². The van der Waals surface area contributed by atoms with Crippen molar-refractivity contribution in [3.63, 3.8) is 0 Å². The van der Waals surface area contributed by atoms with Crippen molar-refractivity contribution in [2.75, 3.05) is 11.4 Å². The first kappa shape index (κ1) is 9.58. The molecular weight excluding hydrogens is 202 g/mol. The Morgan fingerprint density at radius 1 is 1.19 bits per heavy atom. The topological polar surface area (TPSA) is 37.4 Å². The first-order valence-electron chi connectivity index (χ1n) is 5.70. The van der Waals surface area contributed by atoms with E-state index in [0.29, 0.717) is 19.4 Å². The smallest absolute Gasteiger partial charge is 0.231 e. The van der Waals surface area contributed by atoms with E-state index in [1.807, 2.05) is 19.1 Å². The monoisotopic (exact) mass is 215 g/mol. The van der Waals surface area contributed by atoms with E-state index < -0.39 is 0 Å². The van der Waals surface area contributed by atoms with Crippen LogP contribution < -0.4 is 4.90 Å². The number of likely N-dealkylation sites (N-methyl/N-ethyl adjacent to an activating group) is 1. The van der Waals surface area contributed by atoms with Crippen LogP contribution in [0, 0.1) is 0 Å². The summed E-state index contributed by atoms with van der Waals surface area (Å²) >= 11 is 0. The Kier molecular flexibility index (Phi) is 1.90. The number of ketones is 1. The van der Waals surface area contributed by atoms with Crippen molar-refractivity contribution < 1.29 is 9.59 Å². The second kappa shape index (κ2) is 3.17. The van der Waals surface area contributed by atoms with Crippen molar-refractivity contribution in [1.82, 2.24) is 0 Å². The molecule has 0 fully saturated rings. The van der Waals surface area contributed by atoms with Gasteiger partial charge in [0, 0.05) is 24.2 Å². The van der Waals surface area contributed by atoms with E-state index >= 15 is 0 Å². The zero-order valence-corrected chi connectivity index (χ0v) is 9.25. The van der Waals surface area contributed by atoms with Gasteiger partial charge in [0.15, 0.2) is 5.78 Å². The fourth-order valence-electron chi connectivity index (χ4n) is 2.67. The van der Waals surface area contributed by atoms with Crippen LogP contribution in [0.15, 0.2) is 12.1 Å². The van der Waals surface area contributed by atoms with E-state index in [2.05, 4.69) is 0 Å². The number of benzene rings is 1. The molecule has 0 saturated carbocycles. The summed E-state index contributed by atoms with van der Waals surface area (Å²) in [5.74, 6) is 0.363. The van der Waals surface area contributed by atoms with Gasteiger partial charge in [-0.15, -0.1) is 0 Å². The highest BCUT2D eigenvalue weighted by atomic mass is 16.2. The van der Waals surface area contributed by atoms with Crippen molar-refractivity contribution in [2.24, 2.45) is 0 Å². The van der Waals surface area contributed by atoms with E-state index in [1.165, 1.54) is 0 Å². The summed E-state index contributed by atoms with van der Waals surface area (Å²) in [6.45, 7) is 2.64. The molecule has 3 heteroatoms. The fourth-order valence-corrected chi connectivity index (χ4v) is 2.67. The molecule has 1 aromatic rings. The zero-order chi connectivity index (χ0) is 11.3. The predicted octanol–water partition coefficient (Wildman–Crippen LogP) is 1.72. The van der Waals surface area contributed by atoms with Gasteiger partial charge in [-0.1, -0.05) is 6.07 Å². The van der Waals surface area contributed by atoms with Gasteiger partial charge in [-0.2, -0.15) is 0 Å². The van der Waals surface area contributed by atoms with Gasteiger partial charge >= 0.3 is 0 Å². The van der Waals surface area contributed by atoms with Gasteiger partial charge in [-0.25, -0.2) is 0 Å². The number of fused-ring (bicyclic) bond motifs is 2. The molecule has 1 amide bonds. The minimum absolute atomic E-state index is 0.147. The summed E-state index contributed by atoms with van der Waals surface area (Å²) in [7, 11) is 0. The Morgan fingerprint density at radius 3 is 2.75 bits per heavy atom. The molecule has 1 aliphatic carbocycles. The molecule has 0 N–H and O–H groups in total. The van der Waals surface area contributed by atoms with Crippen LogP contribution in [0.5, 0.6) is 0 Å². The molecule has 0 unspecified atom stereocenters. The number of nitrogens with zero attached hydrogens (tertiary/aromatic N) is 1.